The third-order valence-electron chi connectivity index (χ3n) is 5.28. The fourth-order valence-corrected chi connectivity index (χ4v) is 4.20. The molecule has 1 N–H and O–H groups in total. The van der Waals surface area contributed by atoms with Crippen molar-refractivity contribution in [3.05, 3.63) is 52.5 Å². The highest BCUT2D eigenvalue weighted by molar-refractivity contribution is 9.10. The molecule has 2 aromatic carbocycles. The first-order valence-corrected chi connectivity index (χ1v) is 10.00. The quantitative estimate of drug-likeness (QED) is 0.793. The number of hydrogen-bond donors (Lipinski definition) is 1. The van der Waals surface area contributed by atoms with Crippen molar-refractivity contribution in [2.75, 3.05) is 28.2 Å². The summed E-state index contributed by atoms with van der Waals surface area (Å²) in [6, 6.07) is 13.1. The van der Waals surface area contributed by atoms with Gasteiger partial charge in [0.1, 0.15) is 0 Å². The Morgan fingerprint density at radius 2 is 1.96 bits per heavy atom. The molecule has 1 fully saturated rings. The van der Waals surface area contributed by atoms with E-state index in [1.807, 2.05) is 42.5 Å². The molecule has 2 heterocycles. The van der Waals surface area contributed by atoms with Crippen LogP contribution in [0.15, 0.2) is 46.9 Å². The molecule has 3 amide bonds. The SMILES string of the molecule is CC(=O)N1CCc2cc(N3C[C@H](C(=O)Nc4ccccc4Br)CC3=O)ccc21. The zero-order chi connectivity index (χ0) is 19.8. The molecule has 0 saturated carbocycles. The van der Waals surface area contributed by atoms with Gasteiger partial charge in [0.05, 0.1) is 11.6 Å². The zero-order valence-electron chi connectivity index (χ0n) is 15.4. The predicted octanol–water partition coefficient (Wildman–Crippen LogP) is 3.35. The van der Waals surface area contributed by atoms with Gasteiger partial charge in [0.2, 0.25) is 17.7 Å². The van der Waals surface area contributed by atoms with Gasteiger partial charge in [-0.1, -0.05) is 12.1 Å². The molecule has 2 aromatic rings. The van der Waals surface area contributed by atoms with Crippen LogP contribution < -0.4 is 15.1 Å². The van der Waals surface area contributed by atoms with Crippen molar-refractivity contribution in [3.63, 3.8) is 0 Å². The van der Waals surface area contributed by atoms with Gasteiger partial charge in [0, 0.05) is 42.3 Å². The maximum atomic E-state index is 12.6. The first kappa shape index (κ1) is 18.7. The third-order valence-corrected chi connectivity index (χ3v) is 5.97. The number of nitrogens with zero attached hydrogens (tertiary/aromatic N) is 2. The number of hydrogen-bond acceptors (Lipinski definition) is 3. The second-order valence-corrected chi connectivity index (χ2v) is 7.96. The van der Waals surface area contributed by atoms with Gasteiger partial charge in [-0.2, -0.15) is 0 Å². The minimum absolute atomic E-state index is 0.0209. The third kappa shape index (κ3) is 3.42. The van der Waals surface area contributed by atoms with Crippen molar-refractivity contribution in [1.29, 1.82) is 0 Å². The molecule has 0 unspecified atom stereocenters. The predicted molar refractivity (Wildman–Crippen MR) is 111 cm³/mol. The molecular weight excluding hydrogens is 422 g/mol. The molecular formula is C21H20BrN3O3. The molecule has 0 radical (unpaired) electrons. The van der Waals surface area contributed by atoms with Crippen molar-refractivity contribution in [1.82, 2.24) is 0 Å². The van der Waals surface area contributed by atoms with E-state index in [1.54, 1.807) is 16.7 Å². The first-order valence-electron chi connectivity index (χ1n) is 9.21. The Morgan fingerprint density at radius 3 is 2.71 bits per heavy atom. The van der Waals surface area contributed by atoms with Crippen LogP contribution in [0, 0.1) is 5.92 Å². The maximum absolute atomic E-state index is 12.6. The van der Waals surface area contributed by atoms with E-state index >= 15 is 0 Å². The summed E-state index contributed by atoms with van der Waals surface area (Å²) in [7, 11) is 0. The Kier molecular flexibility index (Phi) is 4.93. The molecule has 0 spiro atoms. The molecule has 28 heavy (non-hydrogen) atoms. The van der Waals surface area contributed by atoms with E-state index < -0.39 is 5.92 Å². The number of carbonyl (C=O) groups is 3. The summed E-state index contributed by atoms with van der Waals surface area (Å²) in [6.45, 7) is 2.57. The van der Waals surface area contributed by atoms with Crippen LogP contribution >= 0.6 is 15.9 Å². The minimum Gasteiger partial charge on any atom is -0.325 e. The van der Waals surface area contributed by atoms with E-state index in [2.05, 4.69) is 21.2 Å². The van der Waals surface area contributed by atoms with Crippen LogP contribution in [0.25, 0.3) is 0 Å². The van der Waals surface area contributed by atoms with Crippen LogP contribution in [0.3, 0.4) is 0 Å². The number of nitrogens with one attached hydrogen (secondary N) is 1. The highest BCUT2D eigenvalue weighted by atomic mass is 79.9. The van der Waals surface area contributed by atoms with Crippen molar-refractivity contribution in [2.45, 2.75) is 19.8 Å². The minimum atomic E-state index is -0.401. The summed E-state index contributed by atoms with van der Waals surface area (Å²) < 4.78 is 0.804. The highest BCUT2D eigenvalue weighted by Crippen LogP contribution is 2.34. The number of carbonyl (C=O) groups excluding carboxylic acids is 3. The van der Waals surface area contributed by atoms with E-state index in [0.717, 1.165) is 27.8 Å². The Labute approximate surface area is 171 Å². The number of fused-ring (bicyclic) bond motifs is 1. The molecule has 1 saturated heterocycles. The fourth-order valence-electron chi connectivity index (χ4n) is 3.81. The summed E-state index contributed by atoms with van der Waals surface area (Å²) in [5.74, 6) is -0.602. The molecule has 0 bridgehead atoms. The zero-order valence-corrected chi connectivity index (χ0v) is 17.0. The lowest BCUT2D eigenvalue weighted by Gasteiger charge is -2.19. The molecule has 4 rings (SSSR count). The second-order valence-electron chi connectivity index (χ2n) is 7.11. The standard InChI is InChI=1S/C21H20BrN3O3/c1-13(26)24-9-8-14-10-16(6-7-19(14)24)25-12-15(11-20(25)27)21(28)23-18-5-3-2-4-17(18)22/h2-7,10,15H,8-9,11-12H2,1H3,(H,23,28)/t15-/m1/s1. The van der Waals surface area contributed by atoms with Gasteiger partial charge in [0.25, 0.3) is 0 Å². The van der Waals surface area contributed by atoms with Crippen LogP contribution in [0.2, 0.25) is 0 Å². The van der Waals surface area contributed by atoms with Crippen LogP contribution in [-0.2, 0) is 20.8 Å². The Bertz CT molecular complexity index is 975. The van der Waals surface area contributed by atoms with Crippen molar-refractivity contribution in [3.8, 4) is 0 Å². The van der Waals surface area contributed by atoms with Gasteiger partial charge in [-0.3, -0.25) is 14.4 Å². The molecule has 2 aliphatic rings. The smallest absolute Gasteiger partial charge is 0.229 e. The van der Waals surface area contributed by atoms with Gasteiger partial charge in [0.15, 0.2) is 0 Å². The van der Waals surface area contributed by atoms with E-state index in [-0.39, 0.29) is 24.1 Å². The number of anilines is 3. The lowest BCUT2D eigenvalue weighted by Crippen LogP contribution is -2.28. The number of halogens is 1. The summed E-state index contributed by atoms with van der Waals surface area (Å²) in [5, 5.41) is 2.90. The highest BCUT2D eigenvalue weighted by Gasteiger charge is 2.36. The monoisotopic (exact) mass is 441 g/mol. The number of amides is 3. The number of rotatable bonds is 3. The number of para-hydroxylation sites is 1. The summed E-state index contributed by atoms with van der Waals surface area (Å²) in [4.78, 5) is 40.3. The van der Waals surface area contributed by atoms with E-state index in [9.17, 15) is 14.4 Å². The Hall–Kier alpha value is -2.67. The summed E-state index contributed by atoms with van der Waals surface area (Å²) >= 11 is 3.42. The van der Waals surface area contributed by atoms with E-state index in [0.29, 0.717) is 18.8 Å². The molecule has 0 aromatic heterocycles. The van der Waals surface area contributed by atoms with Gasteiger partial charge < -0.3 is 15.1 Å². The Morgan fingerprint density at radius 1 is 1.18 bits per heavy atom. The van der Waals surface area contributed by atoms with E-state index in [1.165, 1.54) is 0 Å². The van der Waals surface area contributed by atoms with Crippen molar-refractivity contribution >= 4 is 50.7 Å². The normalized spacial score (nSPS) is 18.4. The largest absolute Gasteiger partial charge is 0.325 e. The van der Waals surface area contributed by atoms with Gasteiger partial charge >= 0.3 is 0 Å². The van der Waals surface area contributed by atoms with Crippen LogP contribution in [0.1, 0.15) is 18.9 Å². The first-order chi connectivity index (χ1) is 13.4. The fraction of sp³-hybridized carbons (Fsp3) is 0.286. The van der Waals surface area contributed by atoms with Crippen LogP contribution in [-0.4, -0.2) is 30.8 Å². The van der Waals surface area contributed by atoms with Crippen molar-refractivity contribution < 1.29 is 14.4 Å². The lowest BCUT2D eigenvalue weighted by molar-refractivity contribution is -0.122. The number of benzene rings is 2. The summed E-state index contributed by atoms with van der Waals surface area (Å²) in [6.07, 6.45) is 0.962. The molecule has 6 nitrogen and oxygen atoms in total. The van der Waals surface area contributed by atoms with Gasteiger partial charge in [-0.05, 0) is 58.2 Å². The molecule has 1 atom stereocenters. The second kappa shape index (κ2) is 7.39. The Balaban J connectivity index is 1.49. The van der Waals surface area contributed by atoms with Gasteiger partial charge in [-0.15, -0.1) is 0 Å². The van der Waals surface area contributed by atoms with Crippen LogP contribution in [0.4, 0.5) is 17.1 Å². The average molecular weight is 442 g/mol. The molecule has 2 aliphatic heterocycles. The molecule has 144 valence electrons. The maximum Gasteiger partial charge on any atom is 0.229 e. The van der Waals surface area contributed by atoms with Crippen molar-refractivity contribution in [2.24, 2.45) is 5.92 Å². The summed E-state index contributed by atoms with van der Waals surface area (Å²) in [5.41, 5.74) is 3.44. The van der Waals surface area contributed by atoms with Crippen LogP contribution in [0.5, 0.6) is 0 Å². The lowest BCUT2D eigenvalue weighted by atomic mass is 10.1. The van der Waals surface area contributed by atoms with E-state index in [4.69, 9.17) is 0 Å². The molecule has 0 aliphatic carbocycles. The van der Waals surface area contributed by atoms with Gasteiger partial charge in [-0.25, -0.2) is 0 Å². The molecule has 7 heteroatoms. The topological polar surface area (TPSA) is 69.7 Å². The average Bonchev–Trinajstić information content (AvgIpc) is 3.26.